The summed E-state index contributed by atoms with van der Waals surface area (Å²) in [6.45, 7) is 1.09. The van der Waals surface area contributed by atoms with Gasteiger partial charge in [0.25, 0.3) is 0 Å². The lowest BCUT2D eigenvalue weighted by atomic mass is 10.2. The lowest BCUT2D eigenvalue weighted by Crippen LogP contribution is -2.28. The summed E-state index contributed by atoms with van der Waals surface area (Å²) < 4.78 is 1.85. The largest absolute Gasteiger partial charge is 0.298 e. The molecule has 3 nitrogen and oxygen atoms in total. The number of rotatable bonds is 7. The van der Waals surface area contributed by atoms with Crippen LogP contribution in [0.25, 0.3) is 6.08 Å². The van der Waals surface area contributed by atoms with Crippen LogP contribution in [-0.4, -0.2) is 23.6 Å². The number of ketones is 2. The molecular formula is C38H33Br2O3P. The van der Waals surface area contributed by atoms with Crippen molar-refractivity contribution < 1.29 is 14.4 Å². The van der Waals surface area contributed by atoms with Gasteiger partial charge >= 0.3 is 0 Å². The second kappa shape index (κ2) is 18.0. The zero-order chi connectivity index (χ0) is 31.8. The Balaban J connectivity index is 0.000000210. The van der Waals surface area contributed by atoms with Crippen molar-refractivity contribution in [1.29, 1.82) is 0 Å². The monoisotopic (exact) mass is 726 g/mol. The normalized spacial score (nSPS) is 10.5. The molecule has 5 aromatic rings. The Morgan fingerprint density at radius 2 is 0.886 bits per heavy atom. The molecule has 0 aliphatic carbocycles. The van der Waals surface area contributed by atoms with E-state index >= 15 is 0 Å². The lowest BCUT2D eigenvalue weighted by Gasteiger charge is -2.28. The zero-order valence-electron chi connectivity index (χ0n) is 24.5. The summed E-state index contributed by atoms with van der Waals surface area (Å²) in [5.41, 5.74) is 1.71. The van der Waals surface area contributed by atoms with Gasteiger partial charge in [0, 0.05) is 14.5 Å². The Labute approximate surface area is 276 Å². The summed E-state index contributed by atoms with van der Waals surface area (Å²) in [6, 6.07) is 46.2. The summed E-state index contributed by atoms with van der Waals surface area (Å²) in [6.07, 6.45) is 4.18. The maximum Gasteiger partial charge on any atom is 0.153 e. The van der Waals surface area contributed by atoms with E-state index in [2.05, 4.69) is 68.3 Å². The van der Waals surface area contributed by atoms with Crippen LogP contribution in [0.3, 0.4) is 0 Å². The molecule has 0 saturated carbocycles. The Morgan fingerprint density at radius 1 is 0.523 bits per heavy atom. The molecule has 0 spiro atoms. The first-order valence-electron chi connectivity index (χ1n) is 13.8. The summed E-state index contributed by atoms with van der Waals surface area (Å²) in [5.74, 6) is 2.10. The summed E-state index contributed by atoms with van der Waals surface area (Å²) >= 11 is 6.61. The van der Waals surface area contributed by atoms with E-state index in [-0.39, 0.29) is 11.6 Å². The van der Waals surface area contributed by atoms with Crippen LogP contribution in [0.4, 0.5) is 0 Å². The van der Waals surface area contributed by atoms with Crippen LogP contribution in [-0.2, 0) is 9.59 Å². The first kappa shape index (κ1) is 34.6. The fourth-order valence-corrected chi connectivity index (χ4v) is 8.93. The van der Waals surface area contributed by atoms with Crippen LogP contribution in [0, 0.1) is 0 Å². The molecule has 0 fully saturated rings. The van der Waals surface area contributed by atoms with Gasteiger partial charge in [-0.1, -0.05) is 165 Å². The Hall–Kier alpha value is -3.89. The molecule has 222 valence electrons. The van der Waals surface area contributed by atoms with Gasteiger partial charge in [-0.2, -0.15) is 0 Å². The summed E-state index contributed by atoms with van der Waals surface area (Å²) in [7, 11) is 0. The third-order valence-electron chi connectivity index (χ3n) is 6.30. The third kappa shape index (κ3) is 10.1. The predicted molar refractivity (Wildman–Crippen MR) is 195 cm³/mol. The molecule has 0 heterocycles. The van der Waals surface area contributed by atoms with E-state index in [4.69, 9.17) is 0 Å². The molecule has 0 bridgehead atoms. The van der Waals surface area contributed by atoms with Gasteiger partial charge in [-0.15, -0.1) is 0 Å². The Bertz CT molecular complexity index is 1650. The maximum absolute atomic E-state index is 12.2. The first-order chi connectivity index (χ1) is 21.3. The van der Waals surface area contributed by atoms with Crippen LogP contribution in [0.1, 0.15) is 29.8 Å². The number of aldehydes is 1. The Kier molecular flexibility index (Phi) is 14.2. The fraction of sp³-hybridized carbons (Fsp3) is 0.0526. The van der Waals surface area contributed by atoms with Crippen molar-refractivity contribution >= 4 is 84.4 Å². The molecule has 5 rings (SSSR count). The van der Waals surface area contributed by atoms with Crippen LogP contribution in [0.2, 0.25) is 0 Å². The van der Waals surface area contributed by atoms with Crippen molar-refractivity contribution in [2.75, 3.05) is 0 Å². The number of halogens is 2. The number of hydrogen-bond donors (Lipinski definition) is 0. The van der Waals surface area contributed by atoms with Crippen LogP contribution in [0.5, 0.6) is 0 Å². The van der Waals surface area contributed by atoms with E-state index in [0.717, 1.165) is 20.8 Å². The highest BCUT2D eigenvalue weighted by atomic mass is 79.9. The minimum atomic E-state index is -2.08. The predicted octanol–water partition coefficient (Wildman–Crippen LogP) is 8.68. The van der Waals surface area contributed by atoms with E-state index in [0.29, 0.717) is 5.56 Å². The number of allylic oxidation sites excluding steroid dienone is 1. The molecule has 5 aromatic carbocycles. The lowest BCUT2D eigenvalue weighted by molar-refractivity contribution is -0.112. The second-order valence-electron chi connectivity index (χ2n) is 9.57. The van der Waals surface area contributed by atoms with E-state index in [9.17, 15) is 14.4 Å². The molecule has 0 saturated heterocycles. The highest BCUT2D eigenvalue weighted by Gasteiger charge is 2.25. The van der Waals surface area contributed by atoms with Gasteiger partial charge in [0.2, 0.25) is 0 Å². The molecule has 0 aliphatic heterocycles. The number of benzene rings is 5. The molecular weight excluding hydrogens is 695 g/mol. The number of carbonyl (C=O) groups excluding carboxylic acids is 3. The van der Waals surface area contributed by atoms with Gasteiger partial charge in [-0.3, -0.25) is 14.4 Å². The number of carbonyl (C=O) groups is 3. The van der Waals surface area contributed by atoms with Gasteiger partial charge in [-0.05, 0) is 66.2 Å². The molecule has 0 aromatic heterocycles. The molecule has 0 unspecified atom stereocenters. The highest BCUT2D eigenvalue weighted by Crippen LogP contribution is 2.43. The van der Waals surface area contributed by atoms with Crippen molar-refractivity contribution in [2.45, 2.75) is 13.8 Å². The van der Waals surface area contributed by atoms with E-state index in [1.54, 1.807) is 25.1 Å². The van der Waals surface area contributed by atoms with E-state index in [1.807, 2.05) is 103 Å². The average molecular weight is 728 g/mol. The molecule has 0 atom stereocenters. The molecule has 6 heteroatoms. The summed E-state index contributed by atoms with van der Waals surface area (Å²) in [4.78, 5) is 33.0. The van der Waals surface area contributed by atoms with Gasteiger partial charge in [0.05, 0.1) is 0 Å². The van der Waals surface area contributed by atoms with Crippen molar-refractivity contribution in [2.24, 2.45) is 0 Å². The number of hydrogen-bond acceptors (Lipinski definition) is 3. The topological polar surface area (TPSA) is 51.2 Å². The molecule has 0 radical (unpaired) electrons. The summed E-state index contributed by atoms with van der Waals surface area (Å²) in [5, 5.41) is 3.60. The average Bonchev–Trinajstić information content (AvgIpc) is 3.05. The Morgan fingerprint density at radius 3 is 1.20 bits per heavy atom. The second-order valence-corrected chi connectivity index (χ2v) is 14.5. The maximum atomic E-state index is 12.2. The van der Waals surface area contributed by atoms with Crippen molar-refractivity contribution in [3.8, 4) is 0 Å². The standard InChI is InChI=1S/C21H19OP.C10H9BrO.C7H5BrO/c1-18(22)17-23(19-11-5-2-6-12-19,20-13-7-3-8-14-20)21-15-9-4-10-16-21;1-8(12)6-7-9-4-2-3-5-10(9)11;8-7-4-2-1-3-6(7)5-9/h2-17H,1H3;2-7H,1H3;1-5H. The van der Waals surface area contributed by atoms with Gasteiger partial charge in [0.1, 0.15) is 0 Å². The first-order valence-corrected chi connectivity index (χ1v) is 17.3. The fourth-order valence-electron chi connectivity index (χ4n) is 4.32. The van der Waals surface area contributed by atoms with Gasteiger partial charge in [0.15, 0.2) is 17.9 Å². The van der Waals surface area contributed by atoms with Crippen LogP contribution in [0.15, 0.2) is 155 Å². The van der Waals surface area contributed by atoms with Crippen molar-refractivity contribution in [3.63, 3.8) is 0 Å². The molecule has 0 aliphatic rings. The van der Waals surface area contributed by atoms with E-state index < -0.39 is 6.89 Å². The quantitative estimate of drug-likeness (QED) is 0.0958. The number of Topliss-reactive ketones (excluding diaryl/α,β-unsaturated/α-hetero) is 1. The molecule has 0 amide bonds. The zero-order valence-corrected chi connectivity index (χ0v) is 28.6. The van der Waals surface area contributed by atoms with Crippen LogP contribution < -0.4 is 15.9 Å². The third-order valence-corrected chi connectivity index (χ3v) is 11.8. The van der Waals surface area contributed by atoms with Crippen molar-refractivity contribution in [1.82, 2.24) is 0 Å². The molecule has 0 N–H and O–H groups in total. The van der Waals surface area contributed by atoms with Crippen LogP contribution >= 0.6 is 38.7 Å². The SMILES string of the molecule is CC(=O)C=Cc1ccccc1Br.CC(=O)C=P(c1ccccc1)(c1ccccc1)c1ccccc1.O=Cc1ccccc1Br. The minimum Gasteiger partial charge on any atom is -0.298 e. The highest BCUT2D eigenvalue weighted by molar-refractivity contribution is 9.10. The van der Waals surface area contributed by atoms with Gasteiger partial charge in [-0.25, -0.2) is 0 Å². The molecule has 44 heavy (non-hydrogen) atoms. The smallest absolute Gasteiger partial charge is 0.153 e. The van der Waals surface area contributed by atoms with Crippen molar-refractivity contribution in [3.05, 3.63) is 166 Å². The minimum absolute atomic E-state index is 0.0609. The van der Waals surface area contributed by atoms with Gasteiger partial charge < -0.3 is 0 Å². The van der Waals surface area contributed by atoms with E-state index in [1.165, 1.54) is 22.8 Å².